The van der Waals surface area contributed by atoms with E-state index in [1.54, 1.807) is 25.3 Å². The van der Waals surface area contributed by atoms with Crippen LogP contribution >= 0.6 is 0 Å². The average molecular weight is 491 g/mol. The van der Waals surface area contributed by atoms with E-state index in [1.807, 2.05) is 30.9 Å². The molecule has 1 N–H and O–H groups in total. The van der Waals surface area contributed by atoms with Crippen LogP contribution in [-0.4, -0.2) is 53.6 Å². The molecule has 0 radical (unpaired) electrons. The van der Waals surface area contributed by atoms with Gasteiger partial charge in [-0.2, -0.15) is 0 Å². The molecule has 0 spiro atoms. The number of nitrogens with zero attached hydrogens (tertiary/aromatic N) is 2. The summed E-state index contributed by atoms with van der Waals surface area (Å²) < 4.78 is 18.7. The number of rotatable bonds is 8. The Kier molecular flexibility index (Phi) is 7.94. The fourth-order valence-electron chi connectivity index (χ4n) is 5.21. The molecule has 1 heterocycles. The molecule has 0 saturated carbocycles. The Morgan fingerprint density at radius 2 is 1.83 bits per heavy atom. The summed E-state index contributed by atoms with van der Waals surface area (Å²) in [5.41, 5.74) is 3.88. The van der Waals surface area contributed by atoms with Crippen molar-refractivity contribution >= 4 is 5.91 Å². The second kappa shape index (κ2) is 11.1. The third-order valence-corrected chi connectivity index (χ3v) is 7.20. The lowest BCUT2D eigenvalue weighted by Crippen LogP contribution is -2.42. The summed E-state index contributed by atoms with van der Waals surface area (Å²) in [6.45, 7) is 9.01. The zero-order chi connectivity index (χ0) is 25.8. The minimum Gasteiger partial charge on any atom is -0.507 e. The summed E-state index contributed by atoms with van der Waals surface area (Å²) in [7, 11) is 1.58. The second-order valence-corrected chi connectivity index (χ2v) is 9.97. The van der Waals surface area contributed by atoms with Gasteiger partial charge in [0, 0.05) is 55.3 Å². The smallest absolute Gasteiger partial charge is 0.254 e. The van der Waals surface area contributed by atoms with E-state index in [0.717, 1.165) is 18.7 Å². The molecule has 0 aromatic heterocycles. The highest BCUT2D eigenvalue weighted by atomic mass is 19.1. The second-order valence-electron chi connectivity index (χ2n) is 9.97. The lowest BCUT2D eigenvalue weighted by atomic mass is 9.86. The fraction of sp³-hybridized carbons (Fsp3) is 0.367. The molecule has 0 unspecified atom stereocenters. The number of carbonyl (C=O) groups excluding carboxylic acids is 1. The lowest BCUT2D eigenvalue weighted by molar-refractivity contribution is 0.0668. The molecule has 1 saturated heterocycles. The Balaban J connectivity index is 1.59. The van der Waals surface area contributed by atoms with Crippen molar-refractivity contribution in [2.24, 2.45) is 5.92 Å². The number of likely N-dealkylation sites (tertiary alicyclic amines) is 1. The molecule has 1 fully saturated rings. The number of hydrogen-bond acceptors (Lipinski definition) is 4. The summed E-state index contributed by atoms with van der Waals surface area (Å²) in [6, 6.07) is 19.6. The third kappa shape index (κ3) is 5.71. The predicted molar refractivity (Wildman–Crippen MR) is 140 cm³/mol. The fourth-order valence-corrected chi connectivity index (χ4v) is 5.21. The highest BCUT2D eigenvalue weighted by Gasteiger charge is 2.37. The number of phenolic OH excluding ortho intramolecular Hbond substituents is 1. The molecule has 6 heteroatoms. The molecular formula is C30H35FN2O3. The minimum atomic E-state index is -0.351. The van der Waals surface area contributed by atoms with Gasteiger partial charge in [0.05, 0.1) is 7.11 Å². The number of hydrogen-bond donors (Lipinski definition) is 1. The van der Waals surface area contributed by atoms with Crippen LogP contribution in [0.25, 0.3) is 0 Å². The van der Waals surface area contributed by atoms with Gasteiger partial charge in [0.25, 0.3) is 5.91 Å². The summed E-state index contributed by atoms with van der Waals surface area (Å²) in [6.07, 6.45) is 0. The Morgan fingerprint density at radius 1 is 1.11 bits per heavy atom. The highest BCUT2D eigenvalue weighted by molar-refractivity contribution is 5.94. The molecule has 4 rings (SSSR count). The maximum atomic E-state index is 13.5. The van der Waals surface area contributed by atoms with Crippen molar-refractivity contribution in [3.63, 3.8) is 0 Å². The molecule has 5 nitrogen and oxygen atoms in total. The van der Waals surface area contributed by atoms with E-state index in [4.69, 9.17) is 4.74 Å². The van der Waals surface area contributed by atoms with Crippen LogP contribution in [0.2, 0.25) is 0 Å². The Morgan fingerprint density at radius 3 is 2.47 bits per heavy atom. The molecule has 1 aliphatic heterocycles. The number of aromatic hydroxyl groups is 1. The molecule has 3 aromatic carbocycles. The van der Waals surface area contributed by atoms with Gasteiger partial charge >= 0.3 is 0 Å². The first-order valence-corrected chi connectivity index (χ1v) is 12.5. The molecule has 0 aliphatic carbocycles. The van der Waals surface area contributed by atoms with Crippen molar-refractivity contribution in [2.75, 3.05) is 26.7 Å². The van der Waals surface area contributed by atoms with Crippen LogP contribution in [0.1, 0.15) is 46.8 Å². The van der Waals surface area contributed by atoms with Crippen molar-refractivity contribution < 1.29 is 19.0 Å². The highest BCUT2D eigenvalue weighted by Crippen LogP contribution is 2.37. The molecular weight excluding hydrogens is 455 g/mol. The van der Waals surface area contributed by atoms with Crippen LogP contribution in [0.5, 0.6) is 11.5 Å². The number of benzene rings is 3. The molecule has 2 atom stereocenters. The Labute approximate surface area is 213 Å². The molecule has 190 valence electrons. The number of carbonyl (C=O) groups is 1. The van der Waals surface area contributed by atoms with Crippen LogP contribution in [0.4, 0.5) is 4.39 Å². The van der Waals surface area contributed by atoms with Crippen molar-refractivity contribution in [2.45, 2.75) is 39.3 Å². The van der Waals surface area contributed by atoms with Crippen LogP contribution in [0.3, 0.4) is 0 Å². The van der Waals surface area contributed by atoms with E-state index < -0.39 is 0 Å². The minimum absolute atomic E-state index is 0.000226. The molecule has 0 bridgehead atoms. The normalized spacial score (nSPS) is 17.9. The summed E-state index contributed by atoms with van der Waals surface area (Å²) in [4.78, 5) is 17.7. The number of halogens is 1. The Hall–Kier alpha value is -3.38. The average Bonchev–Trinajstić information content (AvgIpc) is 3.26. The van der Waals surface area contributed by atoms with Crippen molar-refractivity contribution in [1.29, 1.82) is 0 Å². The third-order valence-electron chi connectivity index (χ3n) is 7.20. The van der Waals surface area contributed by atoms with Gasteiger partial charge < -0.3 is 14.7 Å². The maximum absolute atomic E-state index is 13.5. The topological polar surface area (TPSA) is 53.0 Å². The first-order chi connectivity index (χ1) is 17.3. The van der Waals surface area contributed by atoms with E-state index in [0.29, 0.717) is 24.4 Å². The number of aryl methyl sites for hydroxylation is 1. The van der Waals surface area contributed by atoms with Gasteiger partial charge in [-0.25, -0.2) is 4.39 Å². The van der Waals surface area contributed by atoms with Crippen molar-refractivity contribution in [1.82, 2.24) is 9.80 Å². The van der Waals surface area contributed by atoms with Crippen molar-refractivity contribution in [3.05, 3.63) is 94.8 Å². The van der Waals surface area contributed by atoms with Gasteiger partial charge in [-0.15, -0.1) is 0 Å². The number of methoxy groups -OCH3 is 1. The summed E-state index contributed by atoms with van der Waals surface area (Å²) in [5.74, 6) is 0.864. The standard InChI is InChI=1S/C30H35FN2O3/c1-20(2)33(30(35)22-9-12-25(31)13-10-22)18-24-17-32(16-23-11-14-26(36-4)15-29(23)34)19-28(24)27-8-6-5-7-21(27)3/h5-15,20,24,28,34H,16-19H2,1-4H3/t24-,28+/m0/s1. The predicted octanol–water partition coefficient (Wildman–Crippen LogP) is 5.61. The first-order valence-electron chi connectivity index (χ1n) is 12.5. The zero-order valence-corrected chi connectivity index (χ0v) is 21.4. The Bertz CT molecular complexity index is 1200. The summed E-state index contributed by atoms with van der Waals surface area (Å²) >= 11 is 0. The first kappa shape index (κ1) is 25.7. The lowest BCUT2D eigenvalue weighted by Gasteiger charge is -2.32. The van der Waals surface area contributed by atoms with E-state index in [-0.39, 0.29) is 35.4 Å². The van der Waals surface area contributed by atoms with Gasteiger partial charge in [0.1, 0.15) is 17.3 Å². The molecule has 1 aliphatic rings. The van der Waals surface area contributed by atoms with Crippen LogP contribution < -0.4 is 4.74 Å². The van der Waals surface area contributed by atoms with E-state index >= 15 is 0 Å². The van der Waals surface area contributed by atoms with Crippen LogP contribution in [-0.2, 0) is 6.54 Å². The van der Waals surface area contributed by atoms with Gasteiger partial charge in [-0.05, 0) is 68.1 Å². The van der Waals surface area contributed by atoms with Gasteiger partial charge in [-0.1, -0.05) is 30.3 Å². The quantitative estimate of drug-likeness (QED) is 0.446. The maximum Gasteiger partial charge on any atom is 0.254 e. The van der Waals surface area contributed by atoms with Crippen LogP contribution in [0.15, 0.2) is 66.7 Å². The van der Waals surface area contributed by atoms with E-state index in [1.165, 1.54) is 23.3 Å². The monoisotopic (exact) mass is 490 g/mol. The zero-order valence-electron chi connectivity index (χ0n) is 21.4. The molecule has 3 aromatic rings. The van der Waals surface area contributed by atoms with Gasteiger partial charge in [-0.3, -0.25) is 9.69 Å². The van der Waals surface area contributed by atoms with E-state index in [2.05, 4.69) is 36.1 Å². The van der Waals surface area contributed by atoms with Crippen molar-refractivity contribution in [3.8, 4) is 11.5 Å². The van der Waals surface area contributed by atoms with Crippen LogP contribution in [0, 0.1) is 18.7 Å². The largest absolute Gasteiger partial charge is 0.507 e. The van der Waals surface area contributed by atoms with Gasteiger partial charge in [0.2, 0.25) is 0 Å². The number of amides is 1. The number of ether oxygens (including phenoxy) is 1. The molecule has 1 amide bonds. The van der Waals surface area contributed by atoms with E-state index in [9.17, 15) is 14.3 Å². The summed E-state index contributed by atoms with van der Waals surface area (Å²) in [5, 5.41) is 10.5. The number of phenols is 1. The van der Waals surface area contributed by atoms with Gasteiger partial charge in [0.15, 0.2) is 0 Å². The molecule has 36 heavy (non-hydrogen) atoms. The SMILES string of the molecule is COc1ccc(CN2C[C@@H](CN(C(=O)c3ccc(F)cc3)C(C)C)[C@H](c3ccccc3C)C2)c(O)c1.